The summed E-state index contributed by atoms with van der Waals surface area (Å²) in [6.45, 7) is 9.82. The van der Waals surface area contributed by atoms with Crippen molar-refractivity contribution in [1.29, 1.82) is 0 Å². The van der Waals surface area contributed by atoms with Crippen molar-refractivity contribution >= 4 is 17.4 Å². The Bertz CT molecular complexity index is 338. The van der Waals surface area contributed by atoms with Crippen LogP contribution in [0.2, 0.25) is 0 Å². The van der Waals surface area contributed by atoms with Crippen LogP contribution in [0.4, 0.5) is 0 Å². The van der Waals surface area contributed by atoms with E-state index < -0.39 is 0 Å². The van der Waals surface area contributed by atoms with E-state index in [4.69, 9.17) is 0 Å². The summed E-state index contributed by atoms with van der Waals surface area (Å²) in [4.78, 5) is 18.0. The summed E-state index contributed by atoms with van der Waals surface area (Å²) >= 11 is 1.17. The van der Waals surface area contributed by atoms with Crippen molar-refractivity contribution in [2.75, 3.05) is 0 Å². The summed E-state index contributed by atoms with van der Waals surface area (Å²) in [5.74, 6) is 0.640. The molecule has 0 saturated carbocycles. The van der Waals surface area contributed by atoms with Gasteiger partial charge in [-0.25, -0.2) is 4.98 Å². The van der Waals surface area contributed by atoms with Gasteiger partial charge in [-0.15, -0.1) is 0 Å². The van der Waals surface area contributed by atoms with Crippen molar-refractivity contribution in [2.24, 2.45) is 0 Å². The first-order valence-corrected chi connectivity index (χ1v) is 5.83. The molecular weight excluding hydrogens is 210 g/mol. The lowest BCUT2D eigenvalue weighted by atomic mass is 10.2. The zero-order chi connectivity index (χ0) is 11.6. The lowest BCUT2D eigenvalue weighted by Gasteiger charge is -2.29. The first kappa shape index (κ1) is 12.1. The van der Waals surface area contributed by atoms with Gasteiger partial charge in [-0.05, 0) is 46.2 Å². The van der Waals surface area contributed by atoms with E-state index in [1.165, 1.54) is 11.5 Å². The van der Waals surface area contributed by atoms with Crippen molar-refractivity contribution in [1.82, 2.24) is 14.3 Å². The van der Waals surface area contributed by atoms with Crippen molar-refractivity contribution in [3.8, 4) is 0 Å². The fraction of sp³-hybridized carbons (Fsp3) is 0.700. The topological polar surface area (TPSA) is 46.1 Å². The lowest BCUT2D eigenvalue weighted by Crippen LogP contribution is -2.42. The number of hydrogen-bond acceptors (Lipinski definition) is 4. The third kappa shape index (κ3) is 2.75. The molecule has 0 unspecified atom stereocenters. The summed E-state index contributed by atoms with van der Waals surface area (Å²) in [5, 5.41) is 0.481. The fourth-order valence-corrected chi connectivity index (χ4v) is 2.18. The molecule has 0 spiro atoms. The molecule has 0 N–H and O–H groups in total. The van der Waals surface area contributed by atoms with Crippen LogP contribution in [0.5, 0.6) is 0 Å². The second-order valence-corrected chi connectivity index (χ2v) is 4.80. The number of hydrogen-bond donors (Lipinski definition) is 0. The summed E-state index contributed by atoms with van der Waals surface area (Å²) in [6.07, 6.45) is 0. The van der Waals surface area contributed by atoms with Gasteiger partial charge < -0.3 is 4.90 Å². The molecule has 0 radical (unpaired) electrons. The Balaban J connectivity index is 2.91. The molecule has 1 amide bonds. The number of aromatic nitrogens is 2. The molecule has 15 heavy (non-hydrogen) atoms. The van der Waals surface area contributed by atoms with E-state index in [1.807, 2.05) is 32.6 Å². The molecule has 0 aliphatic carbocycles. The van der Waals surface area contributed by atoms with Crippen LogP contribution in [0.3, 0.4) is 0 Å². The highest BCUT2D eigenvalue weighted by Gasteiger charge is 2.24. The van der Waals surface area contributed by atoms with Crippen molar-refractivity contribution in [2.45, 2.75) is 46.7 Å². The number of carbonyl (C=O) groups is 1. The van der Waals surface area contributed by atoms with Crippen LogP contribution in [0.15, 0.2) is 0 Å². The Labute approximate surface area is 94.5 Å². The normalized spacial score (nSPS) is 11.1. The van der Waals surface area contributed by atoms with Crippen LogP contribution in [0.25, 0.3) is 0 Å². The van der Waals surface area contributed by atoms with E-state index in [0.29, 0.717) is 10.8 Å². The van der Waals surface area contributed by atoms with E-state index in [1.54, 1.807) is 6.92 Å². The average molecular weight is 227 g/mol. The smallest absolute Gasteiger partial charge is 0.284 e. The second kappa shape index (κ2) is 4.70. The molecule has 0 bridgehead atoms. The zero-order valence-corrected chi connectivity index (χ0v) is 10.6. The maximum atomic E-state index is 12.1. The molecule has 1 aromatic heterocycles. The van der Waals surface area contributed by atoms with E-state index in [0.717, 1.165) is 0 Å². The van der Waals surface area contributed by atoms with Gasteiger partial charge in [0.25, 0.3) is 5.91 Å². The Morgan fingerprint density at radius 2 is 1.80 bits per heavy atom. The van der Waals surface area contributed by atoms with Gasteiger partial charge in [-0.1, -0.05) is 0 Å². The first-order chi connectivity index (χ1) is 6.93. The van der Waals surface area contributed by atoms with Gasteiger partial charge in [0.05, 0.1) is 0 Å². The maximum absolute atomic E-state index is 12.1. The summed E-state index contributed by atoms with van der Waals surface area (Å²) < 4.78 is 4.02. The molecule has 0 aromatic carbocycles. The molecule has 0 fully saturated rings. The van der Waals surface area contributed by atoms with Gasteiger partial charge in [0.2, 0.25) is 5.01 Å². The number of rotatable bonds is 3. The van der Waals surface area contributed by atoms with Crippen molar-refractivity contribution < 1.29 is 4.79 Å². The van der Waals surface area contributed by atoms with Crippen molar-refractivity contribution in [3.05, 3.63) is 10.8 Å². The minimum atomic E-state index is -0.0226. The Kier molecular flexibility index (Phi) is 3.79. The average Bonchev–Trinajstić information content (AvgIpc) is 2.50. The molecule has 5 heteroatoms. The SMILES string of the molecule is Cc1nsc(C(=O)N(C(C)C)C(C)C)n1. The zero-order valence-electron chi connectivity index (χ0n) is 9.81. The fourth-order valence-electron chi connectivity index (χ4n) is 1.56. The molecule has 1 heterocycles. The lowest BCUT2D eigenvalue weighted by molar-refractivity contribution is 0.0643. The maximum Gasteiger partial charge on any atom is 0.284 e. The van der Waals surface area contributed by atoms with Crippen LogP contribution >= 0.6 is 11.5 Å². The molecule has 0 aliphatic rings. The summed E-state index contributed by atoms with van der Waals surface area (Å²) in [6, 6.07) is 0.364. The molecule has 84 valence electrons. The number of aryl methyl sites for hydroxylation is 1. The molecule has 1 rings (SSSR count). The predicted octanol–water partition coefficient (Wildman–Crippen LogP) is 2.11. The number of carbonyl (C=O) groups excluding carboxylic acids is 1. The number of amides is 1. The second-order valence-electron chi connectivity index (χ2n) is 4.05. The van der Waals surface area contributed by atoms with Gasteiger partial charge in [-0.2, -0.15) is 4.37 Å². The standard InChI is InChI=1S/C10H17N3OS/c1-6(2)13(7(3)4)10(14)9-11-8(5)12-15-9/h6-7H,1-5H3. The highest BCUT2D eigenvalue weighted by molar-refractivity contribution is 7.07. The first-order valence-electron chi connectivity index (χ1n) is 5.06. The van der Waals surface area contributed by atoms with E-state index in [9.17, 15) is 4.79 Å². The highest BCUT2D eigenvalue weighted by atomic mass is 32.1. The largest absolute Gasteiger partial charge is 0.332 e. The molecule has 4 nitrogen and oxygen atoms in total. The summed E-state index contributed by atoms with van der Waals surface area (Å²) in [7, 11) is 0. The third-order valence-electron chi connectivity index (χ3n) is 2.06. The monoisotopic (exact) mass is 227 g/mol. The third-order valence-corrected chi connectivity index (χ3v) is 2.85. The van der Waals surface area contributed by atoms with Crippen LogP contribution in [-0.4, -0.2) is 32.2 Å². The van der Waals surface area contributed by atoms with Gasteiger partial charge in [0.15, 0.2) is 0 Å². The highest BCUT2D eigenvalue weighted by Crippen LogP contribution is 2.13. The van der Waals surface area contributed by atoms with E-state index in [-0.39, 0.29) is 18.0 Å². The van der Waals surface area contributed by atoms with Gasteiger partial charge in [-0.3, -0.25) is 4.79 Å². The predicted molar refractivity (Wildman–Crippen MR) is 61.1 cm³/mol. The van der Waals surface area contributed by atoms with Crippen molar-refractivity contribution in [3.63, 3.8) is 0 Å². The molecule has 0 atom stereocenters. The van der Waals surface area contributed by atoms with Gasteiger partial charge >= 0.3 is 0 Å². The molecular formula is C10H17N3OS. The molecule has 1 aromatic rings. The Morgan fingerprint density at radius 1 is 1.27 bits per heavy atom. The van der Waals surface area contributed by atoms with Crippen LogP contribution < -0.4 is 0 Å². The minimum absolute atomic E-state index is 0.0226. The van der Waals surface area contributed by atoms with Gasteiger partial charge in [0, 0.05) is 12.1 Å². The van der Waals surface area contributed by atoms with E-state index >= 15 is 0 Å². The number of nitrogens with zero attached hydrogens (tertiary/aromatic N) is 3. The Hall–Kier alpha value is -0.970. The Morgan fingerprint density at radius 3 is 2.13 bits per heavy atom. The van der Waals surface area contributed by atoms with E-state index in [2.05, 4.69) is 9.36 Å². The molecule has 0 aliphatic heterocycles. The van der Waals surface area contributed by atoms with Crippen LogP contribution in [0.1, 0.15) is 43.3 Å². The van der Waals surface area contributed by atoms with Crippen LogP contribution in [-0.2, 0) is 0 Å². The van der Waals surface area contributed by atoms with Crippen LogP contribution in [0, 0.1) is 6.92 Å². The van der Waals surface area contributed by atoms with Gasteiger partial charge in [0.1, 0.15) is 5.82 Å². The molecule has 0 saturated heterocycles. The summed E-state index contributed by atoms with van der Waals surface area (Å²) in [5.41, 5.74) is 0. The quantitative estimate of drug-likeness (QED) is 0.794. The minimum Gasteiger partial charge on any atom is -0.332 e.